The van der Waals surface area contributed by atoms with E-state index in [1.807, 2.05) is 30.3 Å². The number of H-pyrrole nitrogens is 1. The molecule has 0 aliphatic carbocycles. The monoisotopic (exact) mass is 312 g/mol. The Morgan fingerprint density at radius 3 is 2.65 bits per heavy atom. The molecular weight excluding hydrogens is 295 g/mol. The van der Waals surface area contributed by atoms with Gasteiger partial charge in [0.05, 0.1) is 6.04 Å². The first-order valence-corrected chi connectivity index (χ1v) is 7.43. The third kappa shape index (κ3) is 3.24. The van der Waals surface area contributed by atoms with E-state index in [2.05, 4.69) is 10.3 Å². The maximum atomic E-state index is 13.7. The Kier molecular flexibility index (Phi) is 4.39. The van der Waals surface area contributed by atoms with Crippen LogP contribution in [0.4, 0.5) is 4.39 Å². The van der Waals surface area contributed by atoms with Crippen molar-refractivity contribution < 1.29 is 14.3 Å². The number of rotatable bonds is 5. The molecule has 1 heterocycles. The highest BCUT2D eigenvalue weighted by molar-refractivity contribution is 5.98. The molecule has 1 aromatic heterocycles. The number of hydrogen-bond acceptors (Lipinski definition) is 2. The summed E-state index contributed by atoms with van der Waals surface area (Å²) in [6.07, 6.45) is 0.407. The topological polar surface area (TPSA) is 65.1 Å². The Morgan fingerprint density at radius 1 is 1.17 bits per heavy atom. The number of aromatic amines is 1. The first-order valence-electron chi connectivity index (χ1n) is 7.43. The second-order valence-corrected chi connectivity index (χ2v) is 5.33. The molecule has 0 fully saturated rings. The summed E-state index contributed by atoms with van der Waals surface area (Å²) in [6, 6.07) is 15.3. The van der Waals surface area contributed by atoms with Crippen LogP contribution in [0.25, 0.3) is 10.9 Å². The second kappa shape index (κ2) is 6.62. The molecule has 1 unspecified atom stereocenters. The standard InChI is InChI=1S/C18H17FN2O2/c19-14-7-4-8-16-13(14)11-17(20-16)18(23)21-15(9-10-22)12-5-2-1-3-6-12/h1-8,11,15,20,22H,9-10H2,(H,21,23). The van der Waals surface area contributed by atoms with Crippen LogP contribution >= 0.6 is 0 Å². The molecule has 0 spiro atoms. The Bertz CT molecular complexity index is 814. The van der Waals surface area contributed by atoms with Crippen LogP contribution in [-0.4, -0.2) is 22.6 Å². The Balaban J connectivity index is 1.84. The molecule has 0 bridgehead atoms. The molecule has 5 heteroatoms. The van der Waals surface area contributed by atoms with E-state index in [-0.39, 0.29) is 24.4 Å². The zero-order valence-corrected chi connectivity index (χ0v) is 12.4. The van der Waals surface area contributed by atoms with Crippen LogP contribution in [0, 0.1) is 5.82 Å². The van der Waals surface area contributed by atoms with Crippen molar-refractivity contribution in [1.82, 2.24) is 10.3 Å². The highest BCUT2D eigenvalue weighted by atomic mass is 19.1. The molecule has 3 rings (SSSR count). The van der Waals surface area contributed by atoms with Crippen molar-refractivity contribution in [3.63, 3.8) is 0 Å². The maximum absolute atomic E-state index is 13.7. The first kappa shape index (κ1) is 15.2. The van der Waals surface area contributed by atoms with Gasteiger partial charge in [-0.2, -0.15) is 0 Å². The molecule has 0 aliphatic rings. The van der Waals surface area contributed by atoms with Gasteiger partial charge in [-0.05, 0) is 30.2 Å². The number of hydrogen-bond donors (Lipinski definition) is 3. The summed E-state index contributed by atoms with van der Waals surface area (Å²) >= 11 is 0. The van der Waals surface area contributed by atoms with Gasteiger partial charge in [-0.15, -0.1) is 0 Å². The number of benzene rings is 2. The lowest BCUT2D eigenvalue weighted by Crippen LogP contribution is -2.29. The predicted molar refractivity (Wildman–Crippen MR) is 86.6 cm³/mol. The number of aliphatic hydroxyl groups is 1. The van der Waals surface area contributed by atoms with Gasteiger partial charge in [-0.3, -0.25) is 4.79 Å². The summed E-state index contributed by atoms with van der Waals surface area (Å²) in [6.45, 7) is -0.0405. The fraction of sp³-hybridized carbons (Fsp3) is 0.167. The summed E-state index contributed by atoms with van der Waals surface area (Å²) in [5.41, 5.74) is 1.79. The Hall–Kier alpha value is -2.66. The number of halogens is 1. The molecule has 0 saturated carbocycles. The van der Waals surface area contributed by atoms with E-state index in [0.29, 0.717) is 23.0 Å². The van der Waals surface area contributed by atoms with Crippen LogP contribution < -0.4 is 5.32 Å². The van der Waals surface area contributed by atoms with Crippen molar-refractivity contribution in [2.75, 3.05) is 6.61 Å². The number of amides is 1. The van der Waals surface area contributed by atoms with Crippen molar-refractivity contribution in [2.24, 2.45) is 0 Å². The third-order valence-electron chi connectivity index (χ3n) is 3.78. The fourth-order valence-corrected chi connectivity index (χ4v) is 2.61. The minimum absolute atomic E-state index is 0.0405. The van der Waals surface area contributed by atoms with Crippen molar-refractivity contribution in [2.45, 2.75) is 12.5 Å². The van der Waals surface area contributed by atoms with Crippen LogP contribution in [0.2, 0.25) is 0 Å². The molecule has 2 aromatic carbocycles. The van der Waals surface area contributed by atoms with E-state index in [0.717, 1.165) is 5.56 Å². The molecular formula is C18H17FN2O2. The summed E-state index contributed by atoms with van der Waals surface area (Å²) in [5, 5.41) is 12.5. The second-order valence-electron chi connectivity index (χ2n) is 5.33. The number of nitrogens with one attached hydrogen (secondary N) is 2. The van der Waals surface area contributed by atoms with E-state index in [9.17, 15) is 14.3 Å². The third-order valence-corrected chi connectivity index (χ3v) is 3.78. The van der Waals surface area contributed by atoms with E-state index >= 15 is 0 Å². The van der Waals surface area contributed by atoms with E-state index in [1.165, 1.54) is 12.1 Å². The van der Waals surface area contributed by atoms with Gasteiger partial charge < -0.3 is 15.4 Å². The van der Waals surface area contributed by atoms with Gasteiger partial charge in [0.2, 0.25) is 0 Å². The molecule has 0 aliphatic heterocycles. The quantitative estimate of drug-likeness (QED) is 0.677. The first-order chi connectivity index (χ1) is 11.2. The van der Waals surface area contributed by atoms with E-state index in [1.54, 1.807) is 12.1 Å². The van der Waals surface area contributed by atoms with Crippen molar-refractivity contribution in [1.29, 1.82) is 0 Å². The fourth-order valence-electron chi connectivity index (χ4n) is 2.61. The molecule has 1 atom stereocenters. The van der Waals surface area contributed by atoms with Crippen molar-refractivity contribution in [3.05, 3.63) is 71.7 Å². The molecule has 1 amide bonds. The molecule has 118 valence electrons. The van der Waals surface area contributed by atoms with Gasteiger partial charge in [-0.25, -0.2) is 4.39 Å². The van der Waals surface area contributed by atoms with Gasteiger partial charge in [-0.1, -0.05) is 36.4 Å². The normalized spacial score (nSPS) is 12.3. The van der Waals surface area contributed by atoms with Gasteiger partial charge >= 0.3 is 0 Å². The lowest BCUT2D eigenvalue weighted by molar-refractivity contribution is 0.0925. The summed E-state index contributed by atoms with van der Waals surface area (Å²) in [5.74, 6) is -0.698. The highest BCUT2D eigenvalue weighted by Gasteiger charge is 2.17. The number of aromatic nitrogens is 1. The average Bonchev–Trinajstić information content (AvgIpc) is 3.01. The smallest absolute Gasteiger partial charge is 0.268 e. The number of fused-ring (bicyclic) bond motifs is 1. The zero-order valence-electron chi connectivity index (χ0n) is 12.4. The largest absolute Gasteiger partial charge is 0.396 e. The number of aliphatic hydroxyl groups excluding tert-OH is 1. The maximum Gasteiger partial charge on any atom is 0.268 e. The van der Waals surface area contributed by atoms with E-state index < -0.39 is 0 Å². The Morgan fingerprint density at radius 2 is 1.96 bits per heavy atom. The van der Waals surface area contributed by atoms with Gasteiger partial charge in [0.1, 0.15) is 11.5 Å². The number of carbonyl (C=O) groups excluding carboxylic acids is 1. The molecule has 4 nitrogen and oxygen atoms in total. The summed E-state index contributed by atoms with van der Waals surface area (Å²) in [7, 11) is 0. The molecule has 0 radical (unpaired) electrons. The SMILES string of the molecule is O=C(NC(CCO)c1ccccc1)c1cc2c(F)cccc2[nH]1. The lowest BCUT2D eigenvalue weighted by Gasteiger charge is -2.17. The van der Waals surface area contributed by atoms with E-state index in [4.69, 9.17) is 0 Å². The molecule has 3 N–H and O–H groups in total. The minimum atomic E-state index is -0.368. The van der Waals surface area contributed by atoms with Gasteiger partial charge in [0.25, 0.3) is 5.91 Å². The van der Waals surface area contributed by atoms with Crippen LogP contribution in [0.3, 0.4) is 0 Å². The lowest BCUT2D eigenvalue weighted by atomic mass is 10.0. The van der Waals surface area contributed by atoms with Crippen molar-refractivity contribution >= 4 is 16.8 Å². The van der Waals surface area contributed by atoms with Crippen LogP contribution in [0.1, 0.15) is 28.5 Å². The van der Waals surface area contributed by atoms with Crippen LogP contribution in [0.15, 0.2) is 54.6 Å². The predicted octanol–water partition coefficient (Wildman–Crippen LogP) is 3.16. The molecule has 3 aromatic rings. The Labute approximate surface area is 133 Å². The zero-order chi connectivity index (χ0) is 16.2. The highest BCUT2D eigenvalue weighted by Crippen LogP contribution is 2.20. The van der Waals surface area contributed by atoms with Crippen LogP contribution in [0.5, 0.6) is 0 Å². The number of carbonyl (C=O) groups is 1. The minimum Gasteiger partial charge on any atom is -0.396 e. The van der Waals surface area contributed by atoms with Crippen LogP contribution in [-0.2, 0) is 0 Å². The summed E-state index contributed by atoms with van der Waals surface area (Å²) < 4.78 is 13.7. The van der Waals surface area contributed by atoms with Gasteiger partial charge in [0.15, 0.2) is 0 Å². The van der Waals surface area contributed by atoms with Gasteiger partial charge in [0, 0.05) is 17.5 Å². The summed E-state index contributed by atoms with van der Waals surface area (Å²) in [4.78, 5) is 15.4. The molecule has 0 saturated heterocycles. The van der Waals surface area contributed by atoms with Crippen molar-refractivity contribution in [3.8, 4) is 0 Å². The molecule has 23 heavy (non-hydrogen) atoms. The average molecular weight is 312 g/mol.